The zero-order valence-electron chi connectivity index (χ0n) is 11.5. The molecule has 1 atom stereocenters. The molecule has 1 saturated heterocycles. The minimum atomic E-state index is -0.217. The minimum Gasteiger partial charge on any atom is -0.407 e. The van der Waals surface area contributed by atoms with Crippen LogP contribution in [0.5, 0.6) is 0 Å². The summed E-state index contributed by atoms with van der Waals surface area (Å²) in [5.41, 5.74) is 0. The molecule has 1 aromatic rings. The molecule has 2 rings (SSSR count). The lowest BCUT2D eigenvalue weighted by Crippen LogP contribution is -2.55. The normalized spacial score (nSPS) is 19.6. The number of aromatic nitrogens is 2. The van der Waals surface area contributed by atoms with E-state index in [-0.39, 0.29) is 11.9 Å². The summed E-state index contributed by atoms with van der Waals surface area (Å²) in [5, 5.41) is 14.1. The predicted octanol–water partition coefficient (Wildman–Crippen LogP) is 0.284. The molecule has 19 heavy (non-hydrogen) atoms. The van der Waals surface area contributed by atoms with Crippen LogP contribution in [0.3, 0.4) is 0 Å². The van der Waals surface area contributed by atoms with E-state index >= 15 is 0 Å². The fourth-order valence-electron chi connectivity index (χ4n) is 2.15. The summed E-state index contributed by atoms with van der Waals surface area (Å²) in [7, 11) is 0. The lowest BCUT2D eigenvalue weighted by atomic mass is 10.1. The molecule has 106 valence electrons. The Bertz CT molecular complexity index is 420. The van der Waals surface area contributed by atoms with Crippen molar-refractivity contribution in [2.75, 3.05) is 24.5 Å². The molecule has 0 spiro atoms. The SMILES string of the molecule is CCCNCc1nnc(N2CCNC(=O)C2CC)o1. The van der Waals surface area contributed by atoms with E-state index in [0.29, 0.717) is 31.5 Å². The zero-order valence-corrected chi connectivity index (χ0v) is 11.5. The molecule has 1 aliphatic rings. The Balaban J connectivity index is 2.02. The highest BCUT2D eigenvalue weighted by Gasteiger charge is 2.31. The van der Waals surface area contributed by atoms with Crippen molar-refractivity contribution in [2.45, 2.75) is 39.3 Å². The third-order valence-corrected chi connectivity index (χ3v) is 3.12. The molecule has 0 bridgehead atoms. The van der Waals surface area contributed by atoms with Gasteiger partial charge in [-0.05, 0) is 19.4 Å². The molecule has 7 nitrogen and oxygen atoms in total. The second-order valence-corrected chi connectivity index (χ2v) is 4.56. The average Bonchev–Trinajstić information content (AvgIpc) is 2.87. The molecular formula is C12H21N5O2. The maximum Gasteiger partial charge on any atom is 0.318 e. The molecule has 2 N–H and O–H groups in total. The van der Waals surface area contributed by atoms with Crippen LogP contribution < -0.4 is 15.5 Å². The van der Waals surface area contributed by atoms with E-state index in [9.17, 15) is 4.79 Å². The second kappa shape index (κ2) is 6.51. The highest BCUT2D eigenvalue weighted by molar-refractivity contribution is 5.85. The Morgan fingerprint density at radius 1 is 1.47 bits per heavy atom. The summed E-state index contributed by atoms with van der Waals surface area (Å²) < 4.78 is 5.61. The summed E-state index contributed by atoms with van der Waals surface area (Å²) in [4.78, 5) is 13.7. The number of nitrogens with zero attached hydrogens (tertiary/aromatic N) is 3. The third kappa shape index (κ3) is 3.23. The number of piperazine rings is 1. The van der Waals surface area contributed by atoms with Crippen LogP contribution in [0.2, 0.25) is 0 Å². The minimum absolute atomic E-state index is 0.0256. The summed E-state index contributed by atoms with van der Waals surface area (Å²) >= 11 is 0. The van der Waals surface area contributed by atoms with Gasteiger partial charge in [0.15, 0.2) is 0 Å². The molecule has 1 fully saturated rings. The number of amides is 1. The second-order valence-electron chi connectivity index (χ2n) is 4.56. The summed E-state index contributed by atoms with van der Waals surface area (Å²) in [6.07, 6.45) is 1.78. The van der Waals surface area contributed by atoms with Gasteiger partial charge in [-0.15, -0.1) is 5.10 Å². The van der Waals surface area contributed by atoms with Crippen LogP contribution in [0, 0.1) is 0 Å². The number of hydrogen-bond donors (Lipinski definition) is 2. The molecule has 7 heteroatoms. The molecule has 1 aromatic heterocycles. The first-order valence-corrected chi connectivity index (χ1v) is 6.83. The Kier molecular flexibility index (Phi) is 4.73. The maximum atomic E-state index is 11.8. The monoisotopic (exact) mass is 267 g/mol. The number of hydrogen-bond acceptors (Lipinski definition) is 6. The van der Waals surface area contributed by atoms with Gasteiger partial charge in [0.2, 0.25) is 11.8 Å². The van der Waals surface area contributed by atoms with Crippen molar-refractivity contribution in [1.29, 1.82) is 0 Å². The smallest absolute Gasteiger partial charge is 0.318 e. The van der Waals surface area contributed by atoms with Crippen LogP contribution in [0.4, 0.5) is 6.01 Å². The summed E-state index contributed by atoms with van der Waals surface area (Å²) in [6.45, 7) is 6.88. The van der Waals surface area contributed by atoms with Gasteiger partial charge < -0.3 is 20.0 Å². The first-order chi connectivity index (χ1) is 9.26. The van der Waals surface area contributed by atoms with Gasteiger partial charge in [0.1, 0.15) is 6.04 Å². The van der Waals surface area contributed by atoms with E-state index in [1.807, 2.05) is 11.8 Å². The van der Waals surface area contributed by atoms with Crippen LogP contribution in [0.15, 0.2) is 4.42 Å². The van der Waals surface area contributed by atoms with E-state index in [1.165, 1.54) is 0 Å². The van der Waals surface area contributed by atoms with E-state index in [0.717, 1.165) is 19.4 Å². The van der Waals surface area contributed by atoms with Crippen molar-refractivity contribution >= 4 is 11.9 Å². The molecule has 1 aliphatic heterocycles. The number of rotatable bonds is 6. The number of anilines is 1. The van der Waals surface area contributed by atoms with Crippen LogP contribution in [0.25, 0.3) is 0 Å². The Labute approximate surface area is 112 Å². The van der Waals surface area contributed by atoms with Gasteiger partial charge in [-0.1, -0.05) is 18.9 Å². The van der Waals surface area contributed by atoms with Crippen LogP contribution in [-0.2, 0) is 11.3 Å². The Morgan fingerprint density at radius 2 is 2.32 bits per heavy atom. The lowest BCUT2D eigenvalue weighted by molar-refractivity contribution is -0.123. The van der Waals surface area contributed by atoms with Crippen LogP contribution in [-0.4, -0.2) is 41.8 Å². The van der Waals surface area contributed by atoms with Gasteiger partial charge in [-0.2, -0.15) is 0 Å². The van der Waals surface area contributed by atoms with Gasteiger partial charge in [-0.25, -0.2) is 0 Å². The van der Waals surface area contributed by atoms with Gasteiger partial charge in [0, 0.05) is 13.1 Å². The molecule has 0 aromatic carbocycles. The maximum absolute atomic E-state index is 11.8. The van der Waals surface area contributed by atoms with E-state index in [4.69, 9.17) is 4.42 Å². The highest BCUT2D eigenvalue weighted by Crippen LogP contribution is 2.18. The van der Waals surface area contributed by atoms with E-state index < -0.39 is 0 Å². The quantitative estimate of drug-likeness (QED) is 0.721. The van der Waals surface area contributed by atoms with E-state index in [1.54, 1.807) is 0 Å². The third-order valence-electron chi connectivity index (χ3n) is 3.12. The van der Waals surface area contributed by atoms with Gasteiger partial charge in [-0.3, -0.25) is 4.79 Å². The first-order valence-electron chi connectivity index (χ1n) is 6.83. The summed E-state index contributed by atoms with van der Waals surface area (Å²) in [6, 6.07) is 0.223. The number of carbonyl (C=O) groups is 1. The molecule has 1 amide bonds. The average molecular weight is 267 g/mol. The van der Waals surface area contributed by atoms with Crippen molar-refractivity contribution in [3.8, 4) is 0 Å². The van der Waals surface area contributed by atoms with Crippen molar-refractivity contribution in [3.63, 3.8) is 0 Å². The van der Waals surface area contributed by atoms with Crippen molar-refractivity contribution in [2.24, 2.45) is 0 Å². The zero-order chi connectivity index (χ0) is 13.7. The molecule has 2 heterocycles. The Morgan fingerprint density at radius 3 is 3.05 bits per heavy atom. The fourth-order valence-corrected chi connectivity index (χ4v) is 2.15. The van der Waals surface area contributed by atoms with Gasteiger partial charge in [0.05, 0.1) is 6.54 Å². The highest BCUT2D eigenvalue weighted by atomic mass is 16.4. The molecular weight excluding hydrogens is 246 g/mol. The van der Waals surface area contributed by atoms with Crippen LogP contribution >= 0.6 is 0 Å². The fraction of sp³-hybridized carbons (Fsp3) is 0.750. The van der Waals surface area contributed by atoms with Crippen molar-refractivity contribution in [3.05, 3.63) is 5.89 Å². The van der Waals surface area contributed by atoms with Crippen molar-refractivity contribution in [1.82, 2.24) is 20.8 Å². The lowest BCUT2D eigenvalue weighted by Gasteiger charge is -2.32. The predicted molar refractivity (Wildman–Crippen MR) is 70.7 cm³/mol. The first kappa shape index (κ1) is 13.8. The largest absolute Gasteiger partial charge is 0.407 e. The molecule has 0 aliphatic carbocycles. The molecule has 0 radical (unpaired) electrons. The van der Waals surface area contributed by atoms with Gasteiger partial charge in [0.25, 0.3) is 0 Å². The van der Waals surface area contributed by atoms with Crippen molar-refractivity contribution < 1.29 is 9.21 Å². The standard InChI is InChI=1S/C12H21N5O2/c1-3-5-13-8-10-15-16-12(19-10)17-7-6-14-11(18)9(17)4-2/h9,13H,3-8H2,1-2H3,(H,14,18). The van der Waals surface area contributed by atoms with Gasteiger partial charge >= 0.3 is 6.01 Å². The number of carbonyl (C=O) groups excluding carboxylic acids is 1. The summed E-state index contributed by atoms with van der Waals surface area (Å²) in [5.74, 6) is 0.585. The Hall–Kier alpha value is -1.63. The molecule has 1 unspecified atom stereocenters. The van der Waals surface area contributed by atoms with Crippen LogP contribution in [0.1, 0.15) is 32.6 Å². The molecule has 0 saturated carbocycles. The van der Waals surface area contributed by atoms with E-state index in [2.05, 4.69) is 27.8 Å². The topological polar surface area (TPSA) is 83.3 Å². The number of nitrogens with one attached hydrogen (secondary N) is 2.